The van der Waals surface area contributed by atoms with Crippen molar-refractivity contribution in [2.45, 2.75) is 113 Å². The molecule has 8 unspecified atom stereocenters. The molecule has 0 amide bonds. The van der Waals surface area contributed by atoms with Gasteiger partial charge in [0.25, 0.3) is 0 Å². The summed E-state index contributed by atoms with van der Waals surface area (Å²) >= 11 is 0. The first-order valence-electron chi connectivity index (χ1n) is 12.7. The van der Waals surface area contributed by atoms with Crippen molar-refractivity contribution in [3.63, 3.8) is 0 Å². The summed E-state index contributed by atoms with van der Waals surface area (Å²) in [6, 6.07) is 0. The molecule has 0 aromatic heterocycles. The van der Waals surface area contributed by atoms with Crippen LogP contribution in [-0.2, 0) is 0 Å². The average Bonchev–Trinajstić information content (AvgIpc) is 3.03. The van der Waals surface area contributed by atoms with Crippen LogP contribution < -0.4 is 0 Å². The lowest BCUT2D eigenvalue weighted by Gasteiger charge is -2.59. The van der Waals surface area contributed by atoms with E-state index in [4.69, 9.17) is 0 Å². The highest BCUT2D eigenvalue weighted by Gasteiger charge is 2.58. The molecule has 0 N–H and O–H groups in total. The second-order valence-electron chi connectivity index (χ2n) is 11.7. The topological polar surface area (TPSA) is 0 Å². The summed E-state index contributed by atoms with van der Waals surface area (Å²) < 4.78 is 0. The normalized spacial score (nSPS) is 43.6. The van der Waals surface area contributed by atoms with E-state index in [2.05, 4.69) is 61.6 Å². The maximum atomic E-state index is 3.00. The Balaban J connectivity index is 0.00000136. The monoisotopic (exact) mass is 388 g/mol. The quantitative estimate of drug-likeness (QED) is 0.398. The summed E-state index contributed by atoms with van der Waals surface area (Å²) in [6.07, 6.45) is 14.9. The van der Waals surface area contributed by atoms with Crippen LogP contribution in [0.5, 0.6) is 0 Å². The predicted molar refractivity (Wildman–Crippen MR) is 126 cm³/mol. The lowest BCUT2D eigenvalue weighted by atomic mass is 9.46. The third-order valence-corrected chi connectivity index (χ3v) is 10.3. The van der Waals surface area contributed by atoms with Crippen LogP contribution in [0, 0.1) is 52.3 Å². The molecule has 0 aromatic carbocycles. The van der Waals surface area contributed by atoms with Crippen molar-refractivity contribution in [3.8, 4) is 0 Å². The molecule has 3 saturated carbocycles. The zero-order valence-corrected chi connectivity index (χ0v) is 20.5. The maximum absolute atomic E-state index is 3.00. The summed E-state index contributed by atoms with van der Waals surface area (Å²) in [5.74, 6) is 6.86. The van der Waals surface area contributed by atoms with Crippen molar-refractivity contribution in [1.82, 2.24) is 0 Å². The van der Waals surface area contributed by atoms with E-state index in [-0.39, 0.29) is 0 Å². The fourth-order valence-electron chi connectivity index (χ4n) is 8.28. The van der Waals surface area contributed by atoms with Gasteiger partial charge < -0.3 is 0 Å². The van der Waals surface area contributed by atoms with Crippen molar-refractivity contribution in [1.29, 1.82) is 0 Å². The van der Waals surface area contributed by atoms with Gasteiger partial charge in [-0.15, -0.1) is 13.2 Å². The van der Waals surface area contributed by atoms with Gasteiger partial charge in [-0.1, -0.05) is 74.1 Å². The summed E-state index contributed by atoms with van der Waals surface area (Å²) in [4.78, 5) is 0. The van der Waals surface area contributed by atoms with Gasteiger partial charge in [0, 0.05) is 0 Å². The minimum Gasteiger partial charge on any atom is -0.106 e. The molecule has 0 aliphatic heterocycles. The molecule has 28 heavy (non-hydrogen) atoms. The van der Waals surface area contributed by atoms with Crippen molar-refractivity contribution in [3.05, 3.63) is 13.2 Å². The second-order valence-corrected chi connectivity index (χ2v) is 11.7. The van der Waals surface area contributed by atoms with Gasteiger partial charge in [-0.25, -0.2) is 0 Å². The minimum absolute atomic E-state index is 0.616. The Morgan fingerprint density at radius 3 is 2.18 bits per heavy atom. The molecule has 3 aliphatic rings. The molecule has 3 fully saturated rings. The van der Waals surface area contributed by atoms with Crippen LogP contribution in [0.2, 0.25) is 0 Å². The molecule has 3 aliphatic carbocycles. The first-order valence-corrected chi connectivity index (χ1v) is 12.7. The molecular formula is C28H52. The standard InChI is InChI=1S/C26H48.C2H4/c1-8-25(6)20(5)12-13-21-23-15-14-22(19(4)11-9-10-18(2)3)26(23,7)17-16-24(21)25;1-2/h18-24H,8-17H2,1-7H3;1-2H2. The number of fused-ring (bicyclic) bond motifs is 3. The molecule has 3 rings (SSSR count). The summed E-state index contributed by atoms with van der Waals surface area (Å²) in [5, 5.41) is 0. The highest BCUT2D eigenvalue weighted by Crippen LogP contribution is 2.67. The van der Waals surface area contributed by atoms with Crippen LogP contribution in [0.3, 0.4) is 0 Å². The number of hydrogen-bond acceptors (Lipinski definition) is 0. The lowest BCUT2D eigenvalue weighted by Crippen LogP contribution is -2.51. The Hall–Kier alpha value is -0.260. The minimum atomic E-state index is 0.616. The van der Waals surface area contributed by atoms with Crippen LogP contribution in [0.25, 0.3) is 0 Å². The third-order valence-electron chi connectivity index (χ3n) is 10.3. The van der Waals surface area contributed by atoms with Crippen molar-refractivity contribution < 1.29 is 0 Å². The smallest absolute Gasteiger partial charge is 0.0264 e. The summed E-state index contributed by atoms with van der Waals surface area (Å²) in [5.41, 5.74) is 1.28. The van der Waals surface area contributed by atoms with Gasteiger partial charge in [0.2, 0.25) is 0 Å². The predicted octanol–water partition coefficient (Wildman–Crippen LogP) is 9.16. The SMILES string of the molecule is C=C.CCC1(C)C(C)CCC2C1CCC1(C)C(C(C)CCCC(C)C)CCC21. The first-order chi connectivity index (χ1) is 13.2. The highest BCUT2D eigenvalue weighted by molar-refractivity contribution is 5.08. The van der Waals surface area contributed by atoms with Gasteiger partial charge >= 0.3 is 0 Å². The van der Waals surface area contributed by atoms with Gasteiger partial charge in [-0.2, -0.15) is 0 Å². The molecule has 0 spiro atoms. The van der Waals surface area contributed by atoms with Crippen LogP contribution in [0.15, 0.2) is 13.2 Å². The Morgan fingerprint density at radius 2 is 1.57 bits per heavy atom. The van der Waals surface area contributed by atoms with Gasteiger partial charge in [0.1, 0.15) is 0 Å². The van der Waals surface area contributed by atoms with Crippen LogP contribution in [0.1, 0.15) is 113 Å². The van der Waals surface area contributed by atoms with Gasteiger partial charge in [-0.05, 0) is 90.8 Å². The Kier molecular flexibility index (Phi) is 8.32. The van der Waals surface area contributed by atoms with E-state index in [9.17, 15) is 0 Å². The van der Waals surface area contributed by atoms with E-state index >= 15 is 0 Å². The largest absolute Gasteiger partial charge is 0.106 e. The second kappa shape index (κ2) is 9.70. The van der Waals surface area contributed by atoms with Crippen LogP contribution >= 0.6 is 0 Å². The summed E-state index contributed by atoms with van der Waals surface area (Å²) in [7, 11) is 0. The van der Waals surface area contributed by atoms with E-state index in [0.717, 1.165) is 41.4 Å². The molecular weight excluding hydrogens is 336 g/mol. The van der Waals surface area contributed by atoms with Gasteiger partial charge in [0.05, 0.1) is 0 Å². The molecule has 0 bridgehead atoms. The van der Waals surface area contributed by atoms with E-state index in [1.807, 2.05) is 0 Å². The third kappa shape index (κ3) is 4.27. The zero-order chi connectivity index (χ0) is 21.1. The zero-order valence-electron chi connectivity index (χ0n) is 20.5. The first kappa shape index (κ1) is 24.0. The fraction of sp³-hybridized carbons (Fsp3) is 0.929. The highest BCUT2D eigenvalue weighted by atomic mass is 14.6. The van der Waals surface area contributed by atoms with E-state index in [0.29, 0.717) is 10.8 Å². The lowest BCUT2D eigenvalue weighted by molar-refractivity contribution is -0.0980. The van der Waals surface area contributed by atoms with Crippen LogP contribution in [0.4, 0.5) is 0 Å². The number of hydrogen-bond donors (Lipinski definition) is 0. The van der Waals surface area contributed by atoms with Crippen LogP contribution in [-0.4, -0.2) is 0 Å². The average molecular weight is 389 g/mol. The van der Waals surface area contributed by atoms with Gasteiger partial charge in [0.15, 0.2) is 0 Å². The Morgan fingerprint density at radius 1 is 0.893 bits per heavy atom. The van der Waals surface area contributed by atoms with E-state index < -0.39 is 0 Å². The van der Waals surface area contributed by atoms with Crippen molar-refractivity contribution >= 4 is 0 Å². The maximum Gasteiger partial charge on any atom is -0.0264 e. The Labute approximate surface area is 178 Å². The molecule has 0 heterocycles. The fourth-order valence-corrected chi connectivity index (χ4v) is 8.28. The molecule has 0 radical (unpaired) electrons. The Bertz CT molecular complexity index is 478. The van der Waals surface area contributed by atoms with Crippen molar-refractivity contribution in [2.24, 2.45) is 52.3 Å². The van der Waals surface area contributed by atoms with E-state index in [1.165, 1.54) is 57.8 Å². The molecule has 0 aromatic rings. The number of rotatable bonds is 6. The summed E-state index contributed by atoms with van der Waals surface area (Å²) in [6.45, 7) is 23.8. The molecule has 0 nitrogen and oxygen atoms in total. The van der Waals surface area contributed by atoms with Crippen molar-refractivity contribution in [2.75, 3.05) is 0 Å². The van der Waals surface area contributed by atoms with Gasteiger partial charge in [-0.3, -0.25) is 0 Å². The molecule has 164 valence electrons. The molecule has 8 atom stereocenters. The molecule has 0 saturated heterocycles. The van der Waals surface area contributed by atoms with E-state index in [1.54, 1.807) is 6.42 Å². The molecule has 0 heteroatoms.